The number of nitrogens with one attached hydrogen (secondary N) is 2. The summed E-state index contributed by atoms with van der Waals surface area (Å²) >= 11 is 1.54. The first-order valence-corrected chi connectivity index (χ1v) is 10.2. The van der Waals surface area contributed by atoms with Crippen molar-refractivity contribution < 1.29 is 23.5 Å². The molecule has 1 aliphatic heterocycles. The number of ether oxygens (including phenoxy) is 1. The van der Waals surface area contributed by atoms with Gasteiger partial charge in [0, 0.05) is 23.6 Å². The summed E-state index contributed by atoms with van der Waals surface area (Å²) < 4.78 is 18.1. The lowest BCUT2D eigenvalue weighted by molar-refractivity contribution is -0.129. The number of esters is 1. The fraction of sp³-hybridized carbons (Fsp3) is 0.286. The Bertz CT molecular complexity index is 917. The van der Waals surface area contributed by atoms with Crippen molar-refractivity contribution in [3.8, 4) is 0 Å². The van der Waals surface area contributed by atoms with Crippen molar-refractivity contribution in [2.24, 2.45) is 0 Å². The van der Waals surface area contributed by atoms with Crippen LogP contribution < -0.4 is 10.6 Å². The first kappa shape index (κ1) is 20.9. The molecule has 0 aromatic heterocycles. The number of halogens is 1. The van der Waals surface area contributed by atoms with Gasteiger partial charge in [0.2, 0.25) is 5.91 Å². The molecule has 1 heterocycles. The lowest BCUT2D eigenvalue weighted by Crippen LogP contribution is -2.36. The average molecular weight is 416 g/mol. The van der Waals surface area contributed by atoms with Gasteiger partial charge in [-0.1, -0.05) is 12.1 Å². The van der Waals surface area contributed by atoms with Gasteiger partial charge in [0.15, 0.2) is 6.10 Å². The first-order valence-electron chi connectivity index (χ1n) is 9.22. The van der Waals surface area contributed by atoms with Crippen LogP contribution in [0.4, 0.5) is 10.1 Å². The van der Waals surface area contributed by atoms with E-state index in [0.29, 0.717) is 30.8 Å². The van der Waals surface area contributed by atoms with Gasteiger partial charge in [0.1, 0.15) is 5.82 Å². The Hall–Kier alpha value is -2.87. The van der Waals surface area contributed by atoms with Crippen LogP contribution in [0.25, 0.3) is 0 Å². The van der Waals surface area contributed by atoms with Gasteiger partial charge in [-0.05, 0) is 49.2 Å². The highest BCUT2D eigenvalue weighted by Crippen LogP contribution is 2.31. The van der Waals surface area contributed by atoms with Crippen LogP contribution in [-0.4, -0.2) is 36.2 Å². The monoisotopic (exact) mass is 416 g/mol. The zero-order valence-electron chi connectivity index (χ0n) is 15.9. The number of carbonyl (C=O) groups excluding carboxylic acids is 3. The van der Waals surface area contributed by atoms with E-state index < -0.39 is 18.0 Å². The third kappa shape index (κ3) is 5.80. The number of fused-ring (bicyclic) bond motifs is 1. The molecule has 0 radical (unpaired) electrons. The van der Waals surface area contributed by atoms with Crippen LogP contribution in [0, 0.1) is 5.82 Å². The molecular weight excluding hydrogens is 395 g/mol. The van der Waals surface area contributed by atoms with Crippen LogP contribution in [0.3, 0.4) is 0 Å². The molecule has 6 nitrogen and oxygen atoms in total. The average Bonchev–Trinajstić information content (AvgIpc) is 2.89. The standard InChI is InChI=1S/C21H21FN2O4S/c1-13(20(26)23-10-8-14-2-5-16(22)6-3-14)28-21(27)15-4-7-18-17(12-15)24-19(25)9-11-29-18/h2-7,12-13H,8-11H2,1H3,(H,23,26)(H,24,25)/t13-/m1/s1. The van der Waals surface area contributed by atoms with Crippen molar-refractivity contribution in [2.75, 3.05) is 17.6 Å². The fourth-order valence-electron chi connectivity index (χ4n) is 2.75. The van der Waals surface area contributed by atoms with Gasteiger partial charge in [0.25, 0.3) is 5.91 Å². The van der Waals surface area contributed by atoms with Crippen molar-refractivity contribution >= 4 is 35.2 Å². The molecule has 0 aliphatic carbocycles. The SMILES string of the molecule is C[C@@H](OC(=O)c1ccc2c(c1)NC(=O)CCS2)C(=O)NCCc1ccc(F)cc1. The molecule has 0 fully saturated rings. The summed E-state index contributed by atoms with van der Waals surface area (Å²) in [4.78, 5) is 37.1. The van der Waals surface area contributed by atoms with E-state index in [9.17, 15) is 18.8 Å². The molecule has 3 rings (SSSR count). The Morgan fingerprint density at radius 1 is 1.24 bits per heavy atom. The summed E-state index contributed by atoms with van der Waals surface area (Å²) in [5.41, 5.74) is 1.72. The molecule has 0 saturated carbocycles. The van der Waals surface area contributed by atoms with Crippen LogP contribution in [-0.2, 0) is 20.7 Å². The molecule has 0 spiro atoms. The van der Waals surface area contributed by atoms with E-state index in [1.165, 1.54) is 19.1 Å². The van der Waals surface area contributed by atoms with Crippen molar-refractivity contribution in [1.82, 2.24) is 5.32 Å². The Morgan fingerprint density at radius 2 is 2.00 bits per heavy atom. The zero-order valence-corrected chi connectivity index (χ0v) is 16.7. The maximum absolute atomic E-state index is 12.9. The van der Waals surface area contributed by atoms with E-state index in [-0.39, 0.29) is 17.3 Å². The lowest BCUT2D eigenvalue weighted by Gasteiger charge is -2.14. The van der Waals surface area contributed by atoms with E-state index in [1.807, 2.05) is 0 Å². The van der Waals surface area contributed by atoms with Crippen LogP contribution in [0.15, 0.2) is 47.4 Å². The second-order valence-corrected chi connectivity index (χ2v) is 7.71. The highest BCUT2D eigenvalue weighted by atomic mass is 32.2. The van der Waals surface area contributed by atoms with E-state index in [2.05, 4.69) is 10.6 Å². The quantitative estimate of drug-likeness (QED) is 0.707. The van der Waals surface area contributed by atoms with Crippen LogP contribution in [0.5, 0.6) is 0 Å². The number of benzene rings is 2. The number of thioether (sulfide) groups is 1. The molecule has 2 N–H and O–H groups in total. The topological polar surface area (TPSA) is 84.5 Å². The van der Waals surface area contributed by atoms with E-state index in [1.54, 1.807) is 42.1 Å². The summed E-state index contributed by atoms with van der Waals surface area (Å²) in [6.45, 7) is 1.83. The van der Waals surface area contributed by atoms with Crippen molar-refractivity contribution in [2.45, 2.75) is 30.8 Å². The van der Waals surface area contributed by atoms with Crippen LogP contribution >= 0.6 is 11.8 Å². The van der Waals surface area contributed by atoms with Gasteiger partial charge in [-0.3, -0.25) is 9.59 Å². The molecule has 0 saturated heterocycles. The summed E-state index contributed by atoms with van der Waals surface area (Å²) in [7, 11) is 0. The van der Waals surface area contributed by atoms with E-state index in [4.69, 9.17) is 4.74 Å². The molecule has 29 heavy (non-hydrogen) atoms. The second kappa shape index (κ2) is 9.56. The number of hydrogen-bond acceptors (Lipinski definition) is 5. The van der Waals surface area contributed by atoms with Crippen molar-refractivity contribution in [3.63, 3.8) is 0 Å². The minimum Gasteiger partial charge on any atom is -0.449 e. The van der Waals surface area contributed by atoms with Gasteiger partial charge < -0.3 is 15.4 Å². The lowest BCUT2D eigenvalue weighted by atomic mass is 10.1. The smallest absolute Gasteiger partial charge is 0.338 e. The molecule has 1 atom stereocenters. The van der Waals surface area contributed by atoms with Crippen molar-refractivity contribution in [3.05, 3.63) is 59.4 Å². The molecule has 1 aliphatic rings. The summed E-state index contributed by atoms with van der Waals surface area (Å²) in [6.07, 6.45) is -0.0261. The molecule has 8 heteroatoms. The Labute approximate surface area is 172 Å². The maximum Gasteiger partial charge on any atom is 0.338 e. The predicted octanol–water partition coefficient (Wildman–Crippen LogP) is 3.16. The zero-order chi connectivity index (χ0) is 20.8. The Balaban J connectivity index is 1.52. The molecule has 2 aromatic rings. The van der Waals surface area contributed by atoms with Gasteiger partial charge in [-0.15, -0.1) is 11.8 Å². The second-order valence-electron chi connectivity index (χ2n) is 6.57. The minimum atomic E-state index is -0.974. The number of carbonyl (C=O) groups is 3. The number of amides is 2. The number of anilines is 1. The normalized spacial score (nSPS) is 14.2. The highest BCUT2D eigenvalue weighted by molar-refractivity contribution is 7.99. The first-order chi connectivity index (χ1) is 13.9. The Kier molecular flexibility index (Phi) is 6.87. The number of hydrogen-bond donors (Lipinski definition) is 2. The predicted molar refractivity (Wildman–Crippen MR) is 108 cm³/mol. The molecule has 0 bridgehead atoms. The van der Waals surface area contributed by atoms with Gasteiger partial charge >= 0.3 is 5.97 Å². The molecular formula is C21H21FN2O4S. The maximum atomic E-state index is 12.9. The largest absolute Gasteiger partial charge is 0.449 e. The van der Waals surface area contributed by atoms with Crippen molar-refractivity contribution in [1.29, 1.82) is 0 Å². The summed E-state index contributed by atoms with van der Waals surface area (Å²) in [5, 5.41) is 5.47. The van der Waals surface area contributed by atoms with Gasteiger partial charge in [-0.2, -0.15) is 0 Å². The minimum absolute atomic E-state index is 0.101. The number of rotatable bonds is 6. The van der Waals surface area contributed by atoms with E-state index in [0.717, 1.165) is 10.5 Å². The Morgan fingerprint density at radius 3 is 2.76 bits per heavy atom. The van der Waals surface area contributed by atoms with Crippen LogP contribution in [0.2, 0.25) is 0 Å². The third-order valence-electron chi connectivity index (χ3n) is 4.36. The third-order valence-corrected chi connectivity index (χ3v) is 5.43. The van der Waals surface area contributed by atoms with Gasteiger partial charge in [-0.25, -0.2) is 9.18 Å². The fourth-order valence-corrected chi connectivity index (χ4v) is 3.69. The summed E-state index contributed by atoms with van der Waals surface area (Å²) in [5.74, 6) is -0.792. The van der Waals surface area contributed by atoms with Crippen LogP contribution in [0.1, 0.15) is 29.3 Å². The molecule has 2 aromatic carbocycles. The molecule has 152 valence electrons. The highest BCUT2D eigenvalue weighted by Gasteiger charge is 2.21. The summed E-state index contributed by atoms with van der Waals surface area (Å²) in [6, 6.07) is 11.0. The molecule has 2 amide bonds. The van der Waals surface area contributed by atoms with E-state index >= 15 is 0 Å². The van der Waals surface area contributed by atoms with Gasteiger partial charge in [0.05, 0.1) is 11.3 Å². The molecule has 0 unspecified atom stereocenters.